The average Bonchev–Trinajstić information content (AvgIpc) is 3.48. The van der Waals surface area contributed by atoms with Crippen molar-refractivity contribution < 1.29 is 9.59 Å². The SMILES string of the molecule is CNc1ccnc(C(=O)Nc2n[nH]c3c2CN(C(=O)N2CC4CCCN4CC2C)C3(C)C)c1. The van der Waals surface area contributed by atoms with Crippen LogP contribution in [-0.4, -0.2) is 80.6 Å². The lowest BCUT2D eigenvalue weighted by molar-refractivity contribution is 0.0454. The lowest BCUT2D eigenvalue weighted by Crippen LogP contribution is -2.60. The van der Waals surface area contributed by atoms with Crippen LogP contribution in [0.15, 0.2) is 18.3 Å². The first-order chi connectivity index (χ1) is 15.8. The number of amides is 3. The molecule has 5 rings (SSSR count). The van der Waals surface area contributed by atoms with E-state index in [1.165, 1.54) is 6.42 Å². The highest BCUT2D eigenvalue weighted by atomic mass is 16.2. The van der Waals surface area contributed by atoms with Crippen LogP contribution >= 0.6 is 0 Å². The molecule has 10 nitrogen and oxygen atoms in total. The first-order valence-electron chi connectivity index (χ1n) is 11.6. The zero-order chi connectivity index (χ0) is 23.3. The van der Waals surface area contributed by atoms with E-state index in [0.29, 0.717) is 24.1 Å². The van der Waals surface area contributed by atoms with E-state index in [-0.39, 0.29) is 18.0 Å². The number of fused-ring (bicyclic) bond motifs is 2. The fourth-order valence-electron chi connectivity index (χ4n) is 5.42. The van der Waals surface area contributed by atoms with Gasteiger partial charge in [-0.25, -0.2) is 4.79 Å². The van der Waals surface area contributed by atoms with Crippen molar-refractivity contribution in [3.05, 3.63) is 35.3 Å². The van der Waals surface area contributed by atoms with Crippen molar-refractivity contribution in [2.75, 3.05) is 37.3 Å². The van der Waals surface area contributed by atoms with Gasteiger partial charge in [-0.3, -0.25) is 19.8 Å². The summed E-state index contributed by atoms with van der Waals surface area (Å²) in [6.07, 6.45) is 3.95. The molecule has 0 spiro atoms. The summed E-state index contributed by atoms with van der Waals surface area (Å²) in [5.41, 5.74) is 2.25. The number of carbonyl (C=O) groups is 2. The molecule has 2 fully saturated rings. The number of urea groups is 1. The zero-order valence-electron chi connectivity index (χ0n) is 19.7. The summed E-state index contributed by atoms with van der Waals surface area (Å²) in [4.78, 5) is 37.1. The van der Waals surface area contributed by atoms with Crippen LogP contribution in [0.2, 0.25) is 0 Å². The topological polar surface area (TPSA) is 109 Å². The molecule has 2 saturated heterocycles. The Bertz CT molecular complexity index is 1080. The number of carbonyl (C=O) groups excluding carboxylic acids is 2. The Hall–Kier alpha value is -3.14. The van der Waals surface area contributed by atoms with E-state index in [4.69, 9.17) is 0 Å². The second kappa shape index (κ2) is 8.02. The van der Waals surface area contributed by atoms with Crippen LogP contribution in [-0.2, 0) is 12.1 Å². The maximum absolute atomic E-state index is 13.7. The number of piperazine rings is 1. The van der Waals surface area contributed by atoms with Crippen LogP contribution in [0.4, 0.5) is 16.3 Å². The van der Waals surface area contributed by atoms with Crippen LogP contribution in [0.5, 0.6) is 0 Å². The number of H-pyrrole nitrogens is 1. The van der Waals surface area contributed by atoms with Crippen LogP contribution in [0, 0.1) is 0 Å². The van der Waals surface area contributed by atoms with Crippen molar-refractivity contribution >= 4 is 23.4 Å². The highest BCUT2D eigenvalue weighted by Crippen LogP contribution is 2.41. The number of nitrogens with zero attached hydrogens (tertiary/aromatic N) is 5. The fourth-order valence-corrected chi connectivity index (χ4v) is 5.42. The molecule has 3 aliphatic rings. The van der Waals surface area contributed by atoms with E-state index in [1.807, 2.05) is 23.6 Å². The van der Waals surface area contributed by atoms with Crippen LogP contribution in [0.3, 0.4) is 0 Å². The number of hydrogen-bond donors (Lipinski definition) is 3. The van der Waals surface area contributed by atoms with E-state index >= 15 is 0 Å². The van der Waals surface area contributed by atoms with Gasteiger partial charge in [0, 0.05) is 49.7 Å². The van der Waals surface area contributed by atoms with Gasteiger partial charge in [-0.2, -0.15) is 5.10 Å². The molecule has 3 N–H and O–H groups in total. The molecule has 0 bridgehead atoms. The van der Waals surface area contributed by atoms with Crippen LogP contribution < -0.4 is 10.6 Å². The Morgan fingerprint density at radius 3 is 2.88 bits per heavy atom. The number of rotatable bonds is 3. The van der Waals surface area contributed by atoms with Crippen molar-refractivity contribution in [2.24, 2.45) is 0 Å². The molecule has 33 heavy (non-hydrogen) atoms. The summed E-state index contributed by atoms with van der Waals surface area (Å²) in [5, 5.41) is 13.3. The van der Waals surface area contributed by atoms with Crippen LogP contribution in [0.1, 0.15) is 55.4 Å². The molecular formula is C23H32N8O2. The van der Waals surface area contributed by atoms with Crippen molar-refractivity contribution in [2.45, 2.75) is 57.8 Å². The number of anilines is 2. The van der Waals surface area contributed by atoms with Gasteiger partial charge >= 0.3 is 6.03 Å². The lowest BCUT2D eigenvalue weighted by Gasteiger charge is -2.45. The van der Waals surface area contributed by atoms with E-state index < -0.39 is 5.54 Å². The molecule has 3 aliphatic heterocycles. The minimum absolute atomic E-state index is 0.0457. The van der Waals surface area contributed by atoms with Gasteiger partial charge in [0.2, 0.25) is 0 Å². The van der Waals surface area contributed by atoms with Crippen molar-refractivity contribution in [1.29, 1.82) is 0 Å². The summed E-state index contributed by atoms with van der Waals surface area (Å²) < 4.78 is 0. The Kier molecular flexibility index (Phi) is 5.27. The van der Waals surface area contributed by atoms with Gasteiger partial charge in [0.1, 0.15) is 5.69 Å². The lowest BCUT2D eigenvalue weighted by atomic mass is 10.0. The highest BCUT2D eigenvalue weighted by Gasteiger charge is 2.47. The standard InChI is InChI=1S/C23H32N8O2/c1-14-11-29-9-5-6-16(29)12-30(14)22(33)31-13-17-19(23(31,2)3)27-28-20(17)26-21(32)18-10-15(24-4)7-8-25-18/h7-8,10,14,16H,5-6,9,11-13H2,1-4H3,(H,24,25)(H2,26,27,28,32). The molecule has 2 atom stereocenters. The molecule has 10 heteroatoms. The zero-order valence-corrected chi connectivity index (χ0v) is 19.7. The first kappa shape index (κ1) is 21.7. The minimum atomic E-state index is -0.556. The number of hydrogen-bond acceptors (Lipinski definition) is 6. The van der Waals surface area contributed by atoms with Crippen molar-refractivity contribution in [3.63, 3.8) is 0 Å². The monoisotopic (exact) mass is 452 g/mol. The fraction of sp³-hybridized carbons (Fsp3) is 0.565. The molecule has 0 aromatic carbocycles. The van der Waals surface area contributed by atoms with Gasteiger partial charge in [-0.15, -0.1) is 0 Å². The average molecular weight is 453 g/mol. The molecule has 0 radical (unpaired) electrons. The molecule has 5 heterocycles. The van der Waals surface area contributed by atoms with Gasteiger partial charge in [-0.1, -0.05) is 0 Å². The van der Waals surface area contributed by atoms with E-state index in [2.05, 4.69) is 37.6 Å². The van der Waals surface area contributed by atoms with E-state index in [1.54, 1.807) is 25.4 Å². The van der Waals surface area contributed by atoms with Gasteiger partial charge in [0.25, 0.3) is 5.91 Å². The van der Waals surface area contributed by atoms with Crippen molar-refractivity contribution in [3.8, 4) is 0 Å². The third-order valence-electron chi connectivity index (χ3n) is 7.40. The molecule has 0 saturated carbocycles. The van der Waals surface area contributed by atoms with Gasteiger partial charge < -0.3 is 20.4 Å². The van der Waals surface area contributed by atoms with Crippen LogP contribution in [0.25, 0.3) is 0 Å². The molecular weight excluding hydrogens is 420 g/mol. The quantitative estimate of drug-likeness (QED) is 0.660. The number of pyridine rings is 1. The Labute approximate surface area is 193 Å². The maximum atomic E-state index is 13.7. The smallest absolute Gasteiger partial charge is 0.321 e. The summed E-state index contributed by atoms with van der Waals surface area (Å²) in [6, 6.07) is 4.16. The normalized spacial score (nSPS) is 23.9. The summed E-state index contributed by atoms with van der Waals surface area (Å²) in [7, 11) is 1.79. The summed E-state index contributed by atoms with van der Waals surface area (Å²) in [5.74, 6) is 0.110. The Morgan fingerprint density at radius 1 is 1.27 bits per heavy atom. The van der Waals surface area contributed by atoms with Gasteiger partial charge in [0.05, 0.1) is 17.8 Å². The molecule has 3 amide bonds. The second-order valence-corrected chi connectivity index (χ2v) is 9.78. The van der Waals surface area contributed by atoms with Crippen molar-refractivity contribution in [1.82, 2.24) is 29.9 Å². The third-order valence-corrected chi connectivity index (χ3v) is 7.40. The second-order valence-electron chi connectivity index (χ2n) is 9.78. The largest absolute Gasteiger partial charge is 0.388 e. The van der Waals surface area contributed by atoms with E-state index in [9.17, 15) is 9.59 Å². The Morgan fingerprint density at radius 2 is 2.09 bits per heavy atom. The predicted molar refractivity (Wildman–Crippen MR) is 125 cm³/mol. The number of nitrogens with one attached hydrogen (secondary N) is 3. The first-order valence-corrected chi connectivity index (χ1v) is 11.6. The molecule has 176 valence electrons. The molecule has 2 unspecified atom stereocenters. The highest BCUT2D eigenvalue weighted by molar-refractivity contribution is 6.03. The molecule has 2 aromatic rings. The third kappa shape index (κ3) is 3.62. The number of aromatic amines is 1. The molecule has 0 aliphatic carbocycles. The number of aromatic nitrogens is 3. The Balaban J connectivity index is 1.35. The summed E-state index contributed by atoms with van der Waals surface area (Å²) in [6.45, 7) is 9.41. The molecule has 2 aromatic heterocycles. The summed E-state index contributed by atoms with van der Waals surface area (Å²) >= 11 is 0. The minimum Gasteiger partial charge on any atom is -0.388 e. The van der Waals surface area contributed by atoms with E-state index in [0.717, 1.165) is 43.0 Å². The maximum Gasteiger partial charge on any atom is 0.321 e. The predicted octanol–water partition coefficient (Wildman–Crippen LogP) is 2.44. The van der Waals surface area contributed by atoms with Gasteiger partial charge in [-0.05, 0) is 52.3 Å². The van der Waals surface area contributed by atoms with Gasteiger partial charge in [0.15, 0.2) is 5.82 Å².